The van der Waals surface area contributed by atoms with Crippen molar-refractivity contribution in [3.05, 3.63) is 47.5 Å². The van der Waals surface area contributed by atoms with Crippen molar-refractivity contribution in [2.45, 2.75) is 45.1 Å². The molecule has 1 unspecified atom stereocenters. The molecule has 34 heavy (non-hydrogen) atoms. The fraction of sp³-hybridized carbons (Fsp3) is 0.417. The molecule has 1 fully saturated rings. The monoisotopic (exact) mass is 487 g/mol. The minimum absolute atomic E-state index is 0.00649. The number of piperazine rings is 1. The molecule has 1 aliphatic heterocycles. The summed E-state index contributed by atoms with van der Waals surface area (Å²) in [6.45, 7) is 9.95. The van der Waals surface area contributed by atoms with Crippen LogP contribution in [0.25, 0.3) is 0 Å². The van der Waals surface area contributed by atoms with Gasteiger partial charge in [-0.15, -0.1) is 0 Å². The molecule has 2 aromatic rings. The fourth-order valence-corrected chi connectivity index (χ4v) is 5.01. The quantitative estimate of drug-likeness (QED) is 0.455. The van der Waals surface area contributed by atoms with Crippen LogP contribution in [0.1, 0.15) is 43.1 Å². The number of nitrogens with one attached hydrogen (secondary N) is 4. The van der Waals surface area contributed by atoms with Crippen LogP contribution in [0, 0.1) is 6.92 Å². The maximum absolute atomic E-state index is 13.5. The van der Waals surface area contributed by atoms with Crippen molar-refractivity contribution in [1.82, 2.24) is 10.6 Å². The van der Waals surface area contributed by atoms with E-state index in [0.717, 1.165) is 25.1 Å². The number of carbonyl (C=O) groups is 2. The Hall–Kier alpha value is -3.11. The van der Waals surface area contributed by atoms with E-state index in [9.17, 15) is 18.0 Å². The maximum Gasteiger partial charge on any atom is 0.264 e. The Labute approximate surface area is 201 Å². The third kappa shape index (κ3) is 6.27. The standard InChI is InChI=1S/C24H33N5O4S/c1-5-17(3)26-24(31)19-7-9-22(29-12-10-25-11-13-29)21(15-19)28-34(32,33)23-14-16(2)6-8-20(23)27-18(4)30/h6-9,14-15,17,25,28H,5,10-13H2,1-4H3,(H,26,31)(H,27,30). The van der Waals surface area contributed by atoms with Crippen molar-refractivity contribution in [3.63, 3.8) is 0 Å². The number of sulfonamides is 1. The number of carbonyl (C=O) groups excluding carboxylic acids is 2. The van der Waals surface area contributed by atoms with Crippen LogP contribution in [-0.4, -0.2) is 52.5 Å². The summed E-state index contributed by atoms with van der Waals surface area (Å²) in [7, 11) is -4.08. The highest BCUT2D eigenvalue weighted by Crippen LogP contribution is 2.32. The average molecular weight is 488 g/mol. The van der Waals surface area contributed by atoms with Gasteiger partial charge in [-0.1, -0.05) is 13.0 Å². The van der Waals surface area contributed by atoms with Gasteiger partial charge in [-0.3, -0.25) is 14.3 Å². The van der Waals surface area contributed by atoms with Crippen LogP contribution in [0.3, 0.4) is 0 Å². The van der Waals surface area contributed by atoms with E-state index in [4.69, 9.17) is 0 Å². The van der Waals surface area contributed by atoms with Crippen molar-refractivity contribution >= 4 is 38.9 Å². The summed E-state index contributed by atoms with van der Waals surface area (Å²) in [4.78, 5) is 26.4. The fourth-order valence-electron chi connectivity index (χ4n) is 3.69. The smallest absolute Gasteiger partial charge is 0.264 e. The molecule has 2 amide bonds. The van der Waals surface area contributed by atoms with Gasteiger partial charge in [0, 0.05) is 44.7 Å². The third-order valence-electron chi connectivity index (χ3n) is 5.69. The summed E-state index contributed by atoms with van der Waals surface area (Å²) >= 11 is 0. The summed E-state index contributed by atoms with van der Waals surface area (Å²) in [5.74, 6) is -0.637. The van der Waals surface area contributed by atoms with Gasteiger partial charge in [0.25, 0.3) is 15.9 Å². The van der Waals surface area contributed by atoms with Crippen LogP contribution in [0.4, 0.5) is 17.1 Å². The molecule has 1 saturated heterocycles. The van der Waals surface area contributed by atoms with Crippen LogP contribution in [0.15, 0.2) is 41.3 Å². The number of amides is 2. The Balaban J connectivity index is 2.04. The molecule has 0 radical (unpaired) electrons. The van der Waals surface area contributed by atoms with Gasteiger partial charge in [-0.05, 0) is 56.2 Å². The van der Waals surface area contributed by atoms with E-state index in [0.29, 0.717) is 30.0 Å². The van der Waals surface area contributed by atoms with Crippen LogP contribution < -0.4 is 25.6 Å². The number of hydrogen-bond donors (Lipinski definition) is 4. The van der Waals surface area contributed by atoms with Crippen molar-refractivity contribution < 1.29 is 18.0 Å². The van der Waals surface area contributed by atoms with Crippen LogP contribution in [0.2, 0.25) is 0 Å². The summed E-state index contributed by atoms with van der Waals surface area (Å²) in [5.41, 5.74) is 2.30. The predicted molar refractivity (Wildman–Crippen MR) is 135 cm³/mol. The lowest BCUT2D eigenvalue weighted by Crippen LogP contribution is -2.43. The van der Waals surface area contributed by atoms with Gasteiger partial charge in [-0.25, -0.2) is 8.42 Å². The number of benzene rings is 2. The first-order chi connectivity index (χ1) is 16.1. The van der Waals surface area contributed by atoms with Crippen LogP contribution in [0.5, 0.6) is 0 Å². The second-order valence-electron chi connectivity index (χ2n) is 8.54. The van der Waals surface area contributed by atoms with Crippen LogP contribution in [-0.2, 0) is 14.8 Å². The highest BCUT2D eigenvalue weighted by molar-refractivity contribution is 7.93. The summed E-state index contributed by atoms with van der Waals surface area (Å²) in [5, 5.41) is 8.79. The van der Waals surface area contributed by atoms with Gasteiger partial charge in [0.15, 0.2) is 0 Å². The Morgan fingerprint density at radius 2 is 1.79 bits per heavy atom. The molecule has 1 aliphatic rings. The Morgan fingerprint density at radius 1 is 1.09 bits per heavy atom. The third-order valence-corrected chi connectivity index (χ3v) is 7.09. The number of hydrogen-bond acceptors (Lipinski definition) is 6. The first-order valence-corrected chi connectivity index (χ1v) is 12.9. The molecule has 4 N–H and O–H groups in total. The zero-order chi connectivity index (χ0) is 24.9. The van der Waals surface area contributed by atoms with Gasteiger partial charge < -0.3 is 20.9 Å². The van der Waals surface area contributed by atoms with Gasteiger partial charge in [0.05, 0.1) is 17.1 Å². The SMILES string of the molecule is CCC(C)NC(=O)c1ccc(N2CCNCC2)c(NS(=O)(=O)c2cc(C)ccc2NC(C)=O)c1. The Kier molecular flexibility index (Phi) is 8.16. The molecule has 0 aliphatic carbocycles. The lowest BCUT2D eigenvalue weighted by atomic mass is 10.1. The molecule has 184 valence electrons. The summed E-state index contributed by atoms with van der Waals surface area (Å²) in [6.07, 6.45) is 0.781. The number of nitrogens with zero attached hydrogens (tertiary/aromatic N) is 1. The second kappa shape index (κ2) is 10.9. The molecule has 2 aromatic carbocycles. The molecule has 9 nitrogen and oxygen atoms in total. The van der Waals surface area contributed by atoms with Gasteiger partial charge >= 0.3 is 0 Å². The first-order valence-electron chi connectivity index (χ1n) is 11.4. The van der Waals surface area contributed by atoms with E-state index < -0.39 is 10.0 Å². The maximum atomic E-state index is 13.5. The van der Waals surface area contributed by atoms with Crippen molar-refractivity contribution in [1.29, 1.82) is 0 Å². The number of anilines is 3. The van der Waals surface area contributed by atoms with Crippen LogP contribution >= 0.6 is 0 Å². The highest BCUT2D eigenvalue weighted by atomic mass is 32.2. The molecular formula is C24H33N5O4S. The van der Waals surface area contributed by atoms with Gasteiger partial charge in [-0.2, -0.15) is 0 Å². The van der Waals surface area contributed by atoms with Crippen molar-refractivity contribution in [3.8, 4) is 0 Å². The van der Waals surface area contributed by atoms with E-state index in [2.05, 4.69) is 25.6 Å². The summed E-state index contributed by atoms with van der Waals surface area (Å²) in [6, 6.07) is 9.86. The van der Waals surface area contributed by atoms with Gasteiger partial charge in [0.2, 0.25) is 5.91 Å². The second-order valence-corrected chi connectivity index (χ2v) is 10.2. The van der Waals surface area contributed by atoms with Crippen molar-refractivity contribution in [2.24, 2.45) is 0 Å². The Bertz CT molecular complexity index is 1160. The van der Waals surface area contributed by atoms with E-state index >= 15 is 0 Å². The topological polar surface area (TPSA) is 120 Å². The number of rotatable bonds is 8. The molecule has 10 heteroatoms. The van der Waals surface area contributed by atoms with E-state index in [1.165, 1.54) is 13.0 Å². The lowest BCUT2D eigenvalue weighted by molar-refractivity contribution is -0.114. The molecule has 3 rings (SSSR count). The highest BCUT2D eigenvalue weighted by Gasteiger charge is 2.24. The molecule has 0 saturated carbocycles. The summed E-state index contributed by atoms with van der Waals surface area (Å²) < 4.78 is 29.7. The van der Waals surface area contributed by atoms with E-state index in [1.54, 1.807) is 37.3 Å². The zero-order valence-electron chi connectivity index (χ0n) is 20.1. The average Bonchev–Trinajstić information content (AvgIpc) is 2.80. The van der Waals surface area contributed by atoms with E-state index in [1.807, 2.05) is 13.8 Å². The normalized spacial score (nSPS) is 14.9. The van der Waals surface area contributed by atoms with Crippen molar-refractivity contribution in [2.75, 3.05) is 41.1 Å². The zero-order valence-corrected chi connectivity index (χ0v) is 20.9. The largest absolute Gasteiger partial charge is 0.367 e. The minimum atomic E-state index is -4.08. The molecular weight excluding hydrogens is 454 g/mol. The molecule has 1 atom stereocenters. The molecule has 1 heterocycles. The van der Waals surface area contributed by atoms with E-state index in [-0.39, 0.29) is 28.4 Å². The minimum Gasteiger partial charge on any atom is -0.367 e. The molecule has 0 spiro atoms. The number of aryl methyl sites for hydroxylation is 1. The molecule has 0 bridgehead atoms. The molecule has 0 aromatic heterocycles. The van der Waals surface area contributed by atoms with Gasteiger partial charge in [0.1, 0.15) is 4.90 Å². The Morgan fingerprint density at radius 3 is 2.44 bits per heavy atom. The first kappa shape index (κ1) is 25.5. The predicted octanol–water partition coefficient (Wildman–Crippen LogP) is 2.69. The lowest BCUT2D eigenvalue weighted by Gasteiger charge is -2.31.